The van der Waals surface area contributed by atoms with Crippen molar-refractivity contribution in [3.63, 3.8) is 0 Å². The molecule has 0 saturated carbocycles. The molecule has 0 aliphatic carbocycles. The molecule has 0 spiro atoms. The number of benzene rings is 1. The molecule has 0 radical (unpaired) electrons. The fourth-order valence-electron chi connectivity index (χ4n) is 1.99. The molecule has 96 valence electrons. The van der Waals surface area contributed by atoms with Crippen LogP contribution in [0.4, 0.5) is 5.69 Å². The number of Topliss-reactive ketones (excluding diaryl/α,β-unsaturated/α-hetero) is 1. The molecule has 1 aliphatic heterocycles. The van der Waals surface area contributed by atoms with Gasteiger partial charge in [0.25, 0.3) is 11.7 Å². The third-order valence-corrected chi connectivity index (χ3v) is 3.51. The summed E-state index contributed by atoms with van der Waals surface area (Å²) in [6.07, 6.45) is 1.83. The van der Waals surface area contributed by atoms with Gasteiger partial charge in [-0.3, -0.25) is 9.59 Å². The molecule has 0 aromatic heterocycles. The lowest BCUT2D eigenvalue weighted by molar-refractivity contribution is -0.114. The van der Waals surface area contributed by atoms with E-state index in [2.05, 4.69) is 15.9 Å². The van der Waals surface area contributed by atoms with Gasteiger partial charge in [-0.25, -0.2) is 0 Å². The summed E-state index contributed by atoms with van der Waals surface area (Å²) in [4.78, 5) is 25.2. The van der Waals surface area contributed by atoms with E-state index in [-0.39, 0.29) is 0 Å². The molecule has 5 heteroatoms. The molecule has 4 nitrogen and oxygen atoms in total. The fourth-order valence-corrected chi connectivity index (χ4v) is 2.38. The van der Waals surface area contributed by atoms with Crippen molar-refractivity contribution in [3.05, 3.63) is 23.8 Å². The number of methoxy groups -OCH3 is 1. The molecule has 1 aliphatic rings. The Balaban J connectivity index is 2.27. The number of carbonyl (C=O) groups is 2. The van der Waals surface area contributed by atoms with E-state index in [1.807, 2.05) is 0 Å². The highest BCUT2D eigenvalue weighted by molar-refractivity contribution is 9.09. The van der Waals surface area contributed by atoms with Gasteiger partial charge in [0.1, 0.15) is 5.75 Å². The molecular formula is C13H14BrNO3. The maximum Gasteiger partial charge on any atom is 0.299 e. The third-order valence-electron chi connectivity index (χ3n) is 2.95. The van der Waals surface area contributed by atoms with Crippen LogP contribution in [0.25, 0.3) is 0 Å². The van der Waals surface area contributed by atoms with Crippen LogP contribution in [0.15, 0.2) is 18.2 Å². The largest absolute Gasteiger partial charge is 0.497 e. The molecule has 0 bridgehead atoms. The third kappa shape index (κ3) is 2.27. The Morgan fingerprint density at radius 1 is 1.28 bits per heavy atom. The summed E-state index contributed by atoms with van der Waals surface area (Å²) in [5, 5.41) is 0.897. The Bertz CT molecular complexity index is 487. The van der Waals surface area contributed by atoms with E-state index < -0.39 is 11.7 Å². The minimum atomic E-state index is -0.437. The number of anilines is 1. The number of amides is 1. The monoisotopic (exact) mass is 311 g/mol. The molecule has 0 fully saturated rings. The number of unbranched alkanes of at least 4 members (excludes halogenated alkanes) is 1. The van der Waals surface area contributed by atoms with Crippen molar-refractivity contribution >= 4 is 33.3 Å². The molecule has 0 N–H and O–H groups in total. The number of ether oxygens (including phenoxy) is 1. The lowest BCUT2D eigenvalue weighted by Crippen LogP contribution is -2.30. The van der Waals surface area contributed by atoms with Crippen LogP contribution in [0.1, 0.15) is 23.2 Å². The topological polar surface area (TPSA) is 46.6 Å². The van der Waals surface area contributed by atoms with Crippen molar-refractivity contribution in [2.45, 2.75) is 12.8 Å². The van der Waals surface area contributed by atoms with Crippen LogP contribution in [0, 0.1) is 0 Å². The van der Waals surface area contributed by atoms with Crippen LogP contribution in [0.5, 0.6) is 5.75 Å². The number of alkyl halides is 1. The zero-order valence-electron chi connectivity index (χ0n) is 10.1. The Kier molecular flexibility index (Phi) is 4.01. The van der Waals surface area contributed by atoms with Crippen molar-refractivity contribution in [2.24, 2.45) is 0 Å². The molecule has 1 aromatic carbocycles. The zero-order valence-corrected chi connectivity index (χ0v) is 11.7. The molecule has 0 unspecified atom stereocenters. The highest BCUT2D eigenvalue weighted by Crippen LogP contribution is 2.32. The maximum atomic E-state index is 11.9. The summed E-state index contributed by atoms with van der Waals surface area (Å²) in [5.41, 5.74) is 1.14. The molecule has 0 saturated heterocycles. The van der Waals surface area contributed by atoms with E-state index in [0.717, 1.165) is 18.2 Å². The normalized spacial score (nSPS) is 14.0. The summed E-state index contributed by atoms with van der Waals surface area (Å²) in [5.74, 6) is -0.207. The van der Waals surface area contributed by atoms with E-state index in [1.165, 1.54) is 0 Å². The second kappa shape index (κ2) is 5.52. The number of hydrogen-bond donors (Lipinski definition) is 0. The number of halogens is 1. The standard InChI is InChI=1S/C13H14BrNO3/c1-18-9-4-5-10-11(8-9)15(7-3-2-6-14)13(17)12(10)16/h4-5,8H,2-3,6-7H2,1H3. The number of ketones is 1. The van der Waals surface area contributed by atoms with Gasteiger partial charge < -0.3 is 9.64 Å². The molecule has 1 amide bonds. The van der Waals surface area contributed by atoms with Gasteiger partial charge in [0.05, 0.1) is 18.4 Å². The molecule has 1 aromatic rings. The van der Waals surface area contributed by atoms with Crippen LogP contribution >= 0.6 is 15.9 Å². The lowest BCUT2D eigenvalue weighted by Gasteiger charge is -2.16. The summed E-state index contributed by atoms with van der Waals surface area (Å²) in [6.45, 7) is 0.566. The average molecular weight is 312 g/mol. The van der Waals surface area contributed by atoms with Crippen molar-refractivity contribution in [1.29, 1.82) is 0 Å². The van der Waals surface area contributed by atoms with Crippen LogP contribution in [-0.4, -0.2) is 30.7 Å². The molecular weight excluding hydrogens is 298 g/mol. The average Bonchev–Trinajstić information content (AvgIpc) is 2.63. The predicted octanol–water partition coefficient (Wildman–Crippen LogP) is 2.40. The first kappa shape index (κ1) is 13.1. The number of fused-ring (bicyclic) bond motifs is 1. The smallest absolute Gasteiger partial charge is 0.299 e. The first-order valence-electron chi connectivity index (χ1n) is 5.79. The van der Waals surface area contributed by atoms with Gasteiger partial charge in [-0.2, -0.15) is 0 Å². The van der Waals surface area contributed by atoms with Gasteiger partial charge in [0, 0.05) is 17.9 Å². The van der Waals surface area contributed by atoms with Gasteiger partial charge in [-0.1, -0.05) is 15.9 Å². The Morgan fingerprint density at radius 3 is 2.72 bits per heavy atom. The van der Waals surface area contributed by atoms with Crippen molar-refractivity contribution in [1.82, 2.24) is 0 Å². The van der Waals surface area contributed by atoms with Crippen LogP contribution in [0.2, 0.25) is 0 Å². The van der Waals surface area contributed by atoms with Gasteiger partial charge >= 0.3 is 0 Å². The highest BCUT2D eigenvalue weighted by atomic mass is 79.9. The second-order valence-electron chi connectivity index (χ2n) is 4.07. The van der Waals surface area contributed by atoms with E-state index in [0.29, 0.717) is 23.5 Å². The van der Waals surface area contributed by atoms with Crippen LogP contribution < -0.4 is 9.64 Å². The quantitative estimate of drug-likeness (QED) is 0.476. The van der Waals surface area contributed by atoms with E-state index in [9.17, 15) is 9.59 Å². The lowest BCUT2D eigenvalue weighted by atomic mass is 10.1. The first-order chi connectivity index (χ1) is 8.69. The molecule has 1 heterocycles. The fraction of sp³-hybridized carbons (Fsp3) is 0.385. The Morgan fingerprint density at radius 2 is 2.06 bits per heavy atom. The van der Waals surface area contributed by atoms with Crippen molar-refractivity contribution in [3.8, 4) is 5.75 Å². The summed E-state index contributed by atoms with van der Waals surface area (Å²) < 4.78 is 5.13. The van der Waals surface area contributed by atoms with Gasteiger partial charge in [0.2, 0.25) is 0 Å². The zero-order chi connectivity index (χ0) is 13.1. The number of hydrogen-bond acceptors (Lipinski definition) is 3. The molecule has 18 heavy (non-hydrogen) atoms. The maximum absolute atomic E-state index is 11.9. The highest BCUT2D eigenvalue weighted by Gasteiger charge is 2.35. The molecule has 2 rings (SSSR count). The Hall–Kier alpha value is -1.36. The van der Waals surface area contributed by atoms with Crippen molar-refractivity contribution in [2.75, 3.05) is 23.9 Å². The van der Waals surface area contributed by atoms with E-state index in [1.54, 1.807) is 30.2 Å². The Labute approximate surface area is 114 Å². The van der Waals surface area contributed by atoms with Gasteiger partial charge in [0.15, 0.2) is 0 Å². The summed E-state index contributed by atoms with van der Waals surface area (Å²) in [6, 6.07) is 5.09. The molecule has 0 atom stereocenters. The minimum Gasteiger partial charge on any atom is -0.497 e. The van der Waals surface area contributed by atoms with Crippen molar-refractivity contribution < 1.29 is 14.3 Å². The van der Waals surface area contributed by atoms with Crippen LogP contribution in [0.3, 0.4) is 0 Å². The van der Waals surface area contributed by atoms with Gasteiger partial charge in [-0.05, 0) is 25.0 Å². The number of carbonyl (C=O) groups excluding carboxylic acids is 2. The SMILES string of the molecule is COc1ccc2c(c1)N(CCCCBr)C(=O)C2=O. The number of nitrogens with zero attached hydrogens (tertiary/aromatic N) is 1. The predicted molar refractivity (Wildman–Crippen MR) is 72.7 cm³/mol. The van der Waals surface area contributed by atoms with Gasteiger partial charge in [-0.15, -0.1) is 0 Å². The second-order valence-corrected chi connectivity index (χ2v) is 4.86. The summed E-state index contributed by atoms with van der Waals surface area (Å²) >= 11 is 3.35. The minimum absolute atomic E-state index is 0.425. The summed E-state index contributed by atoms with van der Waals surface area (Å²) in [7, 11) is 1.56. The number of rotatable bonds is 5. The van der Waals surface area contributed by atoms with E-state index in [4.69, 9.17) is 4.74 Å². The van der Waals surface area contributed by atoms with Crippen LogP contribution in [-0.2, 0) is 4.79 Å². The first-order valence-corrected chi connectivity index (χ1v) is 6.91. The van der Waals surface area contributed by atoms with E-state index >= 15 is 0 Å².